The Bertz CT molecular complexity index is 1400. The van der Waals surface area contributed by atoms with E-state index in [1.807, 2.05) is 82.3 Å². The third-order valence-electron chi connectivity index (χ3n) is 6.82. The van der Waals surface area contributed by atoms with Gasteiger partial charge < -0.3 is 24.2 Å². The maximum Gasteiger partial charge on any atom is 0.295 e. The highest BCUT2D eigenvalue weighted by atomic mass is 16.5. The molecule has 1 saturated heterocycles. The predicted molar refractivity (Wildman–Crippen MR) is 150 cm³/mol. The number of aliphatic hydroxyl groups excluding tert-OH is 1. The van der Waals surface area contributed by atoms with Gasteiger partial charge >= 0.3 is 0 Å². The second-order valence-electron chi connectivity index (χ2n) is 10.4. The molecule has 1 unspecified atom stereocenters. The first-order valence-electron chi connectivity index (χ1n) is 12.9. The van der Waals surface area contributed by atoms with E-state index in [0.717, 1.165) is 11.1 Å². The summed E-state index contributed by atoms with van der Waals surface area (Å²) in [5, 5.41) is 11.6. The Morgan fingerprint density at radius 3 is 2.26 bits per heavy atom. The first kappa shape index (κ1) is 27.8. The first-order valence-corrected chi connectivity index (χ1v) is 12.9. The van der Waals surface area contributed by atoms with Crippen LogP contribution >= 0.6 is 0 Å². The molecule has 0 aromatic heterocycles. The summed E-state index contributed by atoms with van der Waals surface area (Å²) >= 11 is 0. The maximum absolute atomic E-state index is 13.5. The number of ether oxygens (including phenoxy) is 3. The van der Waals surface area contributed by atoms with Crippen molar-refractivity contribution in [1.82, 2.24) is 4.90 Å². The number of nitrogens with zero attached hydrogens (tertiary/aromatic N) is 1. The van der Waals surface area contributed by atoms with Crippen LogP contribution in [0.2, 0.25) is 0 Å². The molecule has 0 saturated carbocycles. The van der Waals surface area contributed by atoms with Crippen molar-refractivity contribution in [3.05, 3.63) is 94.6 Å². The van der Waals surface area contributed by atoms with Crippen molar-refractivity contribution in [2.24, 2.45) is 0 Å². The fraction of sp³-hybridized carbons (Fsp3) is 0.312. The van der Waals surface area contributed by atoms with Gasteiger partial charge in [-0.3, -0.25) is 9.59 Å². The number of carbonyl (C=O) groups excluding carboxylic acids is 2. The minimum atomic E-state index is -0.812. The summed E-state index contributed by atoms with van der Waals surface area (Å²) in [7, 11) is 3.18. The van der Waals surface area contributed by atoms with Crippen LogP contribution in [0.4, 0.5) is 0 Å². The first-order chi connectivity index (χ1) is 18.6. The zero-order valence-corrected chi connectivity index (χ0v) is 23.3. The average Bonchev–Trinajstić information content (AvgIpc) is 3.17. The van der Waals surface area contributed by atoms with Gasteiger partial charge in [-0.1, -0.05) is 45.0 Å². The Labute approximate surface area is 229 Å². The molecule has 0 aliphatic carbocycles. The van der Waals surface area contributed by atoms with Crippen LogP contribution in [0, 0.1) is 0 Å². The van der Waals surface area contributed by atoms with E-state index in [4.69, 9.17) is 14.2 Å². The quantitative estimate of drug-likeness (QED) is 0.218. The molecule has 7 nitrogen and oxygen atoms in total. The molecule has 39 heavy (non-hydrogen) atoms. The lowest BCUT2D eigenvalue weighted by Crippen LogP contribution is -2.29. The second-order valence-corrected chi connectivity index (χ2v) is 10.4. The number of amides is 1. The summed E-state index contributed by atoms with van der Waals surface area (Å²) in [5.74, 6) is 0.343. The highest BCUT2D eigenvalue weighted by Crippen LogP contribution is 2.42. The zero-order chi connectivity index (χ0) is 28.3. The smallest absolute Gasteiger partial charge is 0.295 e. The molecule has 1 N–H and O–H groups in total. The molecular weight excluding hydrogens is 494 g/mol. The Hall–Kier alpha value is -4.26. The molecule has 7 heteroatoms. The molecule has 0 radical (unpaired) electrons. The minimum absolute atomic E-state index is 0.0344. The van der Waals surface area contributed by atoms with Crippen LogP contribution < -0.4 is 14.2 Å². The average molecular weight is 530 g/mol. The Kier molecular flexibility index (Phi) is 8.00. The molecule has 3 aromatic carbocycles. The van der Waals surface area contributed by atoms with Crippen LogP contribution in [-0.2, 0) is 21.5 Å². The molecule has 1 aliphatic heterocycles. The number of hydrogen-bond acceptors (Lipinski definition) is 6. The van der Waals surface area contributed by atoms with E-state index >= 15 is 0 Å². The van der Waals surface area contributed by atoms with Crippen molar-refractivity contribution in [3.8, 4) is 17.2 Å². The summed E-state index contributed by atoms with van der Waals surface area (Å²) in [6, 6.07) is 19.1. The van der Waals surface area contributed by atoms with Gasteiger partial charge in [-0.25, -0.2) is 0 Å². The second kappa shape index (κ2) is 11.2. The molecule has 204 valence electrons. The van der Waals surface area contributed by atoms with Crippen LogP contribution in [-0.4, -0.2) is 42.5 Å². The minimum Gasteiger partial charge on any atom is -0.507 e. The van der Waals surface area contributed by atoms with Crippen LogP contribution in [0.1, 0.15) is 56.0 Å². The molecule has 1 amide bonds. The summed E-state index contributed by atoms with van der Waals surface area (Å²) in [6.07, 6.45) is 0. The lowest BCUT2D eigenvalue weighted by atomic mass is 9.84. The van der Waals surface area contributed by atoms with Gasteiger partial charge in [0.05, 0.1) is 32.4 Å². The number of hydrogen-bond donors (Lipinski definition) is 1. The summed E-state index contributed by atoms with van der Waals surface area (Å²) < 4.78 is 16.5. The van der Waals surface area contributed by atoms with E-state index in [1.54, 1.807) is 26.4 Å². The third-order valence-corrected chi connectivity index (χ3v) is 6.82. The van der Waals surface area contributed by atoms with E-state index < -0.39 is 17.7 Å². The van der Waals surface area contributed by atoms with Gasteiger partial charge in [0, 0.05) is 17.7 Å². The number of carbonyl (C=O) groups is 2. The SMILES string of the molecule is CCOc1cccc(C2/C(=C(\O)c3ccc(OC)c(C(C)(C)C)c3)C(=O)C(=O)N2Cc2ccc(OC)cc2)c1. The fourth-order valence-corrected chi connectivity index (χ4v) is 4.86. The van der Waals surface area contributed by atoms with Crippen molar-refractivity contribution < 1.29 is 28.9 Å². The van der Waals surface area contributed by atoms with Gasteiger partial charge in [0.2, 0.25) is 0 Å². The molecule has 0 spiro atoms. The molecule has 1 atom stereocenters. The molecule has 1 aliphatic rings. The number of Topliss-reactive ketones (excluding diaryl/α,β-unsaturated/α-hetero) is 1. The maximum atomic E-state index is 13.5. The van der Waals surface area contributed by atoms with Crippen molar-refractivity contribution >= 4 is 17.4 Å². The lowest BCUT2D eigenvalue weighted by molar-refractivity contribution is -0.140. The summed E-state index contributed by atoms with van der Waals surface area (Å²) in [6.45, 7) is 8.66. The topological polar surface area (TPSA) is 85.3 Å². The van der Waals surface area contributed by atoms with Gasteiger partial charge in [0.15, 0.2) is 0 Å². The largest absolute Gasteiger partial charge is 0.507 e. The van der Waals surface area contributed by atoms with Crippen molar-refractivity contribution in [2.75, 3.05) is 20.8 Å². The van der Waals surface area contributed by atoms with Crippen molar-refractivity contribution in [2.45, 2.75) is 45.7 Å². The standard InChI is InChI=1S/C32H35NO6/c1-7-39-24-10-8-9-21(17-24)28-27(29(34)22-13-16-26(38-6)25(18-22)32(2,3)4)30(35)31(36)33(28)19-20-11-14-23(37-5)15-12-20/h8-18,28,34H,7,19H2,1-6H3/b29-27+. The Morgan fingerprint density at radius 2 is 1.64 bits per heavy atom. The van der Waals surface area contributed by atoms with E-state index in [-0.39, 0.29) is 23.3 Å². The Morgan fingerprint density at radius 1 is 0.923 bits per heavy atom. The molecule has 1 heterocycles. The number of likely N-dealkylation sites (tertiary alicyclic amines) is 1. The van der Waals surface area contributed by atoms with E-state index in [9.17, 15) is 14.7 Å². The van der Waals surface area contributed by atoms with Gasteiger partial charge in [-0.05, 0) is 65.9 Å². The number of ketones is 1. The van der Waals surface area contributed by atoms with Crippen molar-refractivity contribution in [1.29, 1.82) is 0 Å². The molecular formula is C32H35NO6. The van der Waals surface area contributed by atoms with E-state index in [0.29, 0.717) is 35.0 Å². The normalized spacial score (nSPS) is 16.9. The summed E-state index contributed by atoms with van der Waals surface area (Å²) in [4.78, 5) is 28.5. The third kappa shape index (κ3) is 5.62. The molecule has 4 rings (SSSR count). The highest BCUT2D eigenvalue weighted by Gasteiger charge is 2.46. The van der Waals surface area contributed by atoms with E-state index in [2.05, 4.69) is 0 Å². The molecule has 3 aromatic rings. The number of methoxy groups -OCH3 is 2. The van der Waals surface area contributed by atoms with Gasteiger partial charge in [-0.15, -0.1) is 0 Å². The van der Waals surface area contributed by atoms with Crippen molar-refractivity contribution in [3.63, 3.8) is 0 Å². The number of rotatable bonds is 8. The predicted octanol–water partition coefficient (Wildman–Crippen LogP) is 6.02. The highest BCUT2D eigenvalue weighted by molar-refractivity contribution is 6.46. The number of benzene rings is 3. The lowest BCUT2D eigenvalue weighted by Gasteiger charge is -2.26. The van der Waals surface area contributed by atoms with Crippen LogP contribution in [0.5, 0.6) is 17.2 Å². The zero-order valence-electron chi connectivity index (χ0n) is 23.3. The summed E-state index contributed by atoms with van der Waals surface area (Å²) in [5.41, 5.74) is 2.55. The fourth-order valence-electron chi connectivity index (χ4n) is 4.86. The van der Waals surface area contributed by atoms with Gasteiger partial charge in [0.1, 0.15) is 23.0 Å². The Balaban J connectivity index is 1.88. The van der Waals surface area contributed by atoms with Crippen LogP contribution in [0.25, 0.3) is 5.76 Å². The monoisotopic (exact) mass is 529 g/mol. The van der Waals surface area contributed by atoms with Gasteiger partial charge in [-0.2, -0.15) is 0 Å². The van der Waals surface area contributed by atoms with Crippen LogP contribution in [0.15, 0.2) is 72.3 Å². The molecule has 1 fully saturated rings. The van der Waals surface area contributed by atoms with E-state index in [1.165, 1.54) is 4.90 Å². The van der Waals surface area contributed by atoms with Crippen LogP contribution in [0.3, 0.4) is 0 Å². The number of aliphatic hydroxyl groups is 1. The molecule has 0 bridgehead atoms. The van der Waals surface area contributed by atoms with Gasteiger partial charge in [0.25, 0.3) is 11.7 Å².